The van der Waals surface area contributed by atoms with Gasteiger partial charge in [-0.1, -0.05) is 61.7 Å². The van der Waals surface area contributed by atoms with E-state index in [1.54, 1.807) is 18.2 Å². The first-order valence-electron chi connectivity index (χ1n) is 9.40. The molecule has 1 aromatic heterocycles. The molecule has 148 valence electrons. The second kappa shape index (κ2) is 7.97. The Morgan fingerprint density at radius 1 is 1.00 bits per heavy atom. The molecule has 0 aliphatic rings. The van der Waals surface area contributed by atoms with Gasteiger partial charge in [0.25, 0.3) is 0 Å². The Balaban J connectivity index is 1.78. The van der Waals surface area contributed by atoms with Gasteiger partial charge >= 0.3 is 6.03 Å². The zero-order valence-electron chi connectivity index (χ0n) is 16.3. The number of nitrogens with zero attached hydrogens (tertiary/aromatic N) is 1. The molecule has 0 aliphatic carbocycles. The number of aromatic nitrogens is 2. The molecule has 0 fully saturated rings. The maximum atomic E-state index is 12.5. The van der Waals surface area contributed by atoms with Gasteiger partial charge in [0.1, 0.15) is 0 Å². The van der Waals surface area contributed by atoms with Crippen LogP contribution in [-0.4, -0.2) is 16.2 Å². The molecule has 5 N–H and O–H groups in total. The Bertz CT molecular complexity index is 1320. The van der Waals surface area contributed by atoms with Crippen LogP contribution in [0.15, 0.2) is 91.7 Å². The Hall–Kier alpha value is -4.32. The minimum Gasteiger partial charge on any atom is -0.382 e. The number of rotatable bonds is 5. The summed E-state index contributed by atoms with van der Waals surface area (Å²) in [5, 5.41) is 15.5. The van der Waals surface area contributed by atoms with Gasteiger partial charge in [0.2, 0.25) is 0 Å². The molecule has 30 heavy (non-hydrogen) atoms. The van der Waals surface area contributed by atoms with Crippen LogP contribution in [0.5, 0.6) is 0 Å². The van der Waals surface area contributed by atoms with Crippen LogP contribution in [0, 0.1) is 0 Å². The lowest BCUT2D eigenvalue weighted by atomic mass is 9.95. The number of fused-ring (bicyclic) bond motifs is 2. The first kappa shape index (κ1) is 19.0. The molecule has 0 saturated carbocycles. The highest BCUT2D eigenvalue weighted by atomic mass is 16.2. The molecule has 4 aromatic rings. The van der Waals surface area contributed by atoms with E-state index in [0.717, 1.165) is 32.8 Å². The predicted molar refractivity (Wildman–Crippen MR) is 124 cm³/mol. The number of carbonyl (C=O) groups is 1. The van der Waals surface area contributed by atoms with Crippen LogP contribution in [-0.2, 0) is 0 Å². The predicted octanol–water partition coefficient (Wildman–Crippen LogP) is 5.34. The summed E-state index contributed by atoms with van der Waals surface area (Å²) < 4.78 is 0. The van der Waals surface area contributed by atoms with Crippen molar-refractivity contribution in [3.63, 3.8) is 0 Å². The molecule has 0 atom stereocenters. The number of nitrogens with two attached hydrogens (primary N) is 1. The molecule has 0 saturated heterocycles. The fourth-order valence-electron chi connectivity index (χ4n) is 3.54. The number of anilines is 2. The summed E-state index contributed by atoms with van der Waals surface area (Å²) in [5.41, 5.74) is 10.2. The van der Waals surface area contributed by atoms with Crippen molar-refractivity contribution in [3.05, 3.63) is 91.7 Å². The average Bonchev–Trinajstić information content (AvgIpc) is 3.15. The van der Waals surface area contributed by atoms with E-state index in [2.05, 4.69) is 34.0 Å². The van der Waals surface area contributed by atoms with E-state index in [4.69, 9.17) is 5.73 Å². The second-order valence-corrected chi connectivity index (χ2v) is 6.68. The lowest BCUT2D eigenvalue weighted by molar-refractivity contribution is 0.254. The molecule has 4 rings (SSSR count). The van der Waals surface area contributed by atoms with Gasteiger partial charge < -0.3 is 16.4 Å². The van der Waals surface area contributed by atoms with E-state index in [-0.39, 0.29) is 6.03 Å². The standard InChI is InChI=1S/C24H21N5O/c1-3-8-15(4-2)26-24(30)27-20-14-13-17(16-9-5-6-10-18(16)20)19-11-7-12-21-22(19)23(25)29-28-21/h3-14H,1-2H2,(H3,25,28,29)(H2,26,27,30)/b15-8+. The lowest BCUT2D eigenvalue weighted by Gasteiger charge is -2.14. The Kier molecular flexibility index (Phi) is 5.05. The van der Waals surface area contributed by atoms with Crippen LogP contribution < -0.4 is 16.4 Å². The fraction of sp³-hybridized carbons (Fsp3) is 0. The first-order chi connectivity index (χ1) is 14.6. The Morgan fingerprint density at radius 3 is 2.57 bits per heavy atom. The highest BCUT2D eigenvalue weighted by Crippen LogP contribution is 2.37. The summed E-state index contributed by atoms with van der Waals surface area (Å²) in [6.07, 6.45) is 4.81. The van der Waals surface area contributed by atoms with Crippen LogP contribution in [0.25, 0.3) is 32.8 Å². The van der Waals surface area contributed by atoms with Crippen molar-refractivity contribution in [1.29, 1.82) is 0 Å². The van der Waals surface area contributed by atoms with Gasteiger partial charge in [-0.2, -0.15) is 5.10 Å². The lowest BCUT2D eigenvalue weighted by Crippen LogP contribution is -2.27. The van der Waals surface area contributed by atoms with Crippen molar-refractivity contribution >= 4 is 39.2 Å². The monoisotopic (exact) mass is 395 g/mol. The van der Waals surface area contributed by atoms with Gasteiger partial charge in [0.15, 0.2) is 5.82 Å². The summed E-state index contributed by atoms with van der Waals surface area (Å²) >= 11 is 0. The van der Waals surface area contributed by atoms with Crippen molar-refractivity contribution in [1.82, 2.24) is 15.5 Å². The molecule has 0 aliphatic heterocycles. The minimum atomic E-state index is -0.359. The van der Waals surface area contributed by atoms with Crippen LogP contribution in [0.1, 0.15) is 0 Å². The van der Waals surface area contributed by atoms with E-state index in [0.29, 0.717) is 17.2 Å². The quantitative estimate of drug-likeness (QED) is 0.343. The zero-order chi connectivity index (χ0) is 21.1. The number of benzene rings is 3. The van der Waals surface area contributed by atoms with Gasteiger partial charge in [-0.3, -0.25) is 5.10 Å². The summed E-state index contributed by atoms with van der Waals surface area (Å²) in [6, 6.07) is 17.3. The van der Waals surface area contributed by atoms with E-state index in [1.807, 2.05) is 54.6 Å². The van der Waals surface area contributed by atoms with Crippen LogP contribution in [0.2, 0.25) is 0 Å². The number of nitrogen functional groups attached to an aromatic ring is 1. The van der Waals surface area contributed by atoms with E-state index in [1.165, 1.54) is 0 Å². The first-order valence-corrected chi connectivity index (χ1v) is 9.40. The summed E-state index contributed by atoms with van der Waals surface area (Å²) in [5.74, 6) is 0.456. The molecular weight excluding hydrogens is 374 g/mol. The van der Waals surface area contributed by atoms with Gasteiger partial charge in [-0.25, -0.2) is 4.79 Å². The minimum absolute atomic E-state index is 0.359. The number of hydrogen-bond acceptors (Lipinski definition) is 3. The maximum Gasteiger partial charge on any atom is 0.323 e. The highest BCUT2D eigenvalue weighted by Gasteiger charge is 2.14. The normalized spacial score (nSPS) is 11.4. The van der Waals surface area contributed by atoms with Gasteiger partial charge in [-0.15, -0.1) is 0 Å². The molecule has 0 radical (unpaired) electrons. The molecule has 6 nitrogen and oxygen atoms in total. The van der Waals surface area contributed by atoms with Crippen molar-refractivity contribution in [3.8, 4) is 11.1 Å². The Morgan fingerprint density at radius 2 is 1.80 bits per heavy atom. The summed E-state index contributed by atoms with van der Waals surface area (Å²) in [4.78, 5) is 12.5. The Labute approximate surface area is 173 Å². The van der Waals surface area contributed by atoms with E-state index >= 15 is 0 Å². The topological polar surface area (TPSA) is 95.8 Å². The third kappa shape index (κ3) is 3.42. The third-order valence-corrected chi connectivity index (χ3v) is 4.86. The fourth-order valence-corrected chi connectivity index (χ4v) is 3.54. The largest absolute Gasteiger partial charge is 0.382 e. The van der Waals surface area contributed by atoms with Crippen molar-refractivity contribution in [2.45, 2.75) is 0 Å². The molecular formula is C24H21N5O. The number of amides is 2. The third-order valence-electron chi connectivity index (χ3n) is 4.86. The number of aromatic amines is 1. The van der Waals surface area contributed by atoms with Crippen LogP contribution in [0.3, 0.4) is 0 Å². The average molecular weight is 395 g/mol. The van der Waals surface area contributed by atoms with Gasteiger partial charge in [0, 0.05) is 11.1 Å². The number of H-pyrrole nitrogens is 1. The molecule has 0 unspecified atom stereocenters. The number of hydrogen-bond donors (Lipinski definition) is 4. The summed E-state index contributed by atoms with van der Waals surface area (Å²) in [7, 11) is 0. The molecule has 2 amide bonds. The number of nitrogens with one attached hydrogen (secondary N) is 3. The maximum absolute atomic E-state index is 12.5. The van der Waals surface area contributed by atoms with E-state index in [9.17, 15) is 4.79 Å². The van der Waals surface area contributed by atoms with Crippen molar-refractivity contribution in [2.75, 3.05) is 11.1 Å². The smallest absolute Gasteiger partial charge is 0.323 e. The molecule has 6 heteroatoms. The second-order valence-electron chi connectivity index (χ2n) is 6.68. The molecule has 0 spiro atoms. The van der Waals surface area contributed by atoms with E-state index < -0.39 is 0 Å². The van der Waals surface area contributed by atoms with Gasteiger partial charge in [0.05, 0.1) is 16.6 Å². The summed E-state index contributed by atoms with van der Waals surface area (Å²) in [6.45, 7) is 7.32. The number of urea groups is 1. The highest BCUT2D eigenvalue weighted by molar-refractivity contribution is 6.12. The number of carbonyl (C=O) groups excluding carboxylic acids is 1. The molecule has 3 aromatic carbocycles. The van der Waals surface area contributed by atoms with Crippen molar-refractivity contribution in [2.24, 2.45) is 0 Å². The van der Waals surface area contributed by atoms with Gasteiger partial charge in [-0.05, 0) is 40.8 Å². The van der Waals surface area contributed by atoms with Crippen LogP contribution >= 0.6 is 0 Å². The van der Waals surface area contributed by atoms with Crippen molar-refractivity contribution < 1.29 is 4.79 Å². The van der Waals surface area contributed by atoms with Crippen LogP contribution in [0.4, 0.5) is 16.3 Å². The molecule has 0 bridgehead atoms. The zero-order valence-corrected chi connectivity index (χ0v) is 16.3. The number of allylic oxidation sites excluding steroid dienone is 3. The SMILES string of the molecule is C=C/C=C(\C=C)NC(=O)Nc1ccc(-c2cccc3[nH]nc(N)c23)c2ccccc12. The molecule has 1 heterocycles.